The number of amides is 3. The molecule has 204 valence electrons. The number of carbonyl (C=O) groups excluding carboxylic acids is 2. The van der Waals surface area contributed by atoms with Gasteiger partial charge >= 0.3 is 6.03 Å². The second kappa shape index (κ2) is 9.94. The zero-order chi connectivity index (χ0) is 27.1. The molecule has 1 N–H and O–H groups in total. The van der Waals surface area contributed by atoms with Crippen molar-refractivity contribution < 1.29 is 14.3 Å². The number of urea groups is 1. The van der Waals surface area contributed by atoms with Gasteiger partial charge in [0.25, 0.3) is 5.91 Å². The van der Waals surface area contributed by atoms with Crippen molar-refractivity contribution in [1.82, 2.24) is 24.8 Å². The lowest BCUT2D eigenvalue weighted by Crippen LogP contribution is -2.49. The molecule has 4 aliphatic heterocycles. The molecule has 0 unspecified atom stereocenters. The molecule has 0 atom stereocenters. The van der Waals surface area contributed by atoms with Crippen molar-refractivity contribution in [3.8, 4) is 5.75 Å². The molecular weight excluding hydrogens is 496 g/mol. The average molecular weight is 531 g/mol. The minimum absolute atomic E-state index is 0.0690. The molecule has 2 aromatic rings. The summed E-state index contributed by atoms with van der Waals surface area (Å²) < 4.78 is 5.35. The summed E-state index contributed by atoms with van der Waals surface area (Å²) in [5, 5.41) is 3.07. The van der Waals surface area contributed by atoms with Crippen molar-refractivity contribution in [3.63, 3.8) is 0 Å². The fraction of sp³-hybridized carbons (Fsp3) is 0.500. The Hall–Kier alpha value is -4.02. The van der Waals surface area contributed by atoms with Crippen LogP contribution < -0.4 is 15.0 Å². The van der Waals surface area contributed by atoms with Crippen LogP contribution in [-0.4, -0.2) is 95.3 Å². The van der Waals surface area contributed by atoms with Crippen LogP contribution in [0.1, 0.15) is 42.9 Å². The molecule has 0 bridgehead atoms. The van der Waals surface area contributed by atoms with Crippen molar-refractivity contribution in [1.29, 1.82) is 0 Å². The van der Waals surface area contributed by atoms with Crippen LogP contribution in [-0.2, 0) is 6.42 Å². The molecule has 11 heteroatoms. The third-order valence-corrected chi connectivity index (χ3v) is 8.31. The van der Waals surface area contributed by atoms with E-state index >= 15 is 0 Å². The molecule has 1 aromatic carbocycles. The number of fused-ring (bicyclic) bond motifs is 1. The van der Waals surface area contributed by atoms with E-state index in [-0.39, 0.29) is 29.2 Å². The van der Waals surface area contributed by atoms with Gasteiger partial charge in [0.15, 0.2) is 0 Å². The number of aromatic nitrogens is 3. The van der Waals surface area contributed by atoms with Gasteiger partial charge in [-0.2, -0.15) is 4.98 Å². The second-order valence-corrected chi connectivity index (χ2v) is 11.2. The summed E-state index contributed by atoms with van der Waals surface area (Å²) in [6, 6.07) is 5.81. The first kappa shape index (κ1) is 25.3. The van der Waals surface area contributed by atoms with E-state index in [1.165, 1.54) is 11.9 Å². The number of hydrogen-bond acceptors (Lipinski definition) is 8. The zero-order valence-electron chi connectivity index (χ0n) is 22.7. The van der Waals surface area contributed by atoms with Gasteiger partial charge in [-0.1, -0.05) is 13.8 Å². The van der Waals surface area contributed by atoms with E-state index in [1.807, 2.05) is 34.2 Å². The highest BCUT2D eigenvalue weighted by Gasteiger charge is 2.38. The Bertz CT molecular complexity index is 1360. The predicted octanol–water partition coefficient (Wildman–Crippen LogP) is 2.80. The summed E-state index contributed by atoms with van der Waals surface area (Å²) in [5.74, 6) is 1.27. The summed E-state index contributed by atoms with van der Waals surface area (Å²) in [5.41, 5.74) is 4.22. The maximum atomic E-state index is 13.4. The van der Waals surface area contributed by atoms with Gasteiger partial charge in [0, 0.05) is 56.1 Å². The standard InChI is InChI=1S/C28H34N8O3/c1-28(2)16-35(15-19-13-29-14-22(19)28)25(37)24-30-17-31-26(33-24)34-9-7-20(8-10-34)36-11-6-18-12-21(39-3)4-5-23(18)32-27(36)38/h4-5,12-13,17,20H,6-11,14-16H2,1-3H3,(H,32,38). The topological polar surface area (TPSA) is 116 Å². The van der Waals surface area contributed by atoms with E-state index in [0.717, 1.165) is 48.4 Å². The number of ether oxygens (including phenoxy) is 1. The average Bonchev–Trinajstić information content (AvgIpc) is 3.37. The smallest absolute Gasteiger partial charge is 0.322 e. The summed E-state index contributed by atoms with van der Waals surface area (Å²) in [6.45, 7) is 8.19. The van der Waals surface area contributed by atoms with Crippen molar-refractivity contribution in [2.24, 2.45) is 10.4 Å². The van der Waals surface area contributed by atoms with Crippen LogP contribution in [0.25, 0.3) is 0 Å². The van der Waals surface area contributed by atoms with E-state index in [2.05, 4.69) is 44.0 Å². The van der Waals surface area contributed by atoms with Crippen molar-refractivity contribution >= 4 is 29.8 Å². The molecule has 3 amide bonds. The summed E-state index contributed by atoms with van der Waals surface area (Å²) in [4.78, 5) is 49.9. The number of aliphatic imine (C=N–C) groups is 1. The molecule has 0 spiro atoms. The van der Waals surface area contributed by atoms with Crippen molar-refractivity contribution in [2.75, 3.05) is 56.6 Å². The molecule has 5 heterocycles. The van der Waals surface area contributed by atoms with Gasteiger partial charge in [-0.3, -0.25) is 9.79 Å². The number of piperidine rings is 1. The zero-order valence-corrected chi connectivity index (χ0v) is 22.7. The molecule has 1 fully saturated rings. The van der Waals surface area contributed by atoms with Crippen molar-refractivity contribution in [3.05, 3.63) is 47.1 Å². The lowest BCUT2D eigenvalue weighted by Gasteiger charge is -2.39. The van der Waals surface area contributed by atoms with Crippen LogP contribution in [0, 0.1) is 5.41 Å². The molecule has 1 saturated heterocycles. The molecule has 6 rings (SSSR count). The van der Waals surface area contributed by atoms with Crippen LogP contribution in [0.15, 0.2) is 40.7 Å². The van der Waals surface area contributed by atoms with Gasteiger partial charge in [-0.25, -0.2) is 14.8 Å². The quantitative estimate of drug-likeness (QED) is 0.646. The summed E-state index contributed by atoms with van der Waals surface area (Å²) in [7, 11) is 1.65. The van der Waals surface area contributed by atoms with Gasteiger partial charge in [-0.05, 0) is 54.2 Å². The number of benzene rings is 1. The minimum atomic E-state index is -0.189. The molecule has 0 saturated carbocycles. The fourth-order valence-electron chi connectivity index (χ4n) is 6.15. The maximum absolute atomic E-state index is 13.4. The molecule has 1 aromatic heterocycles. The van der Waals surface area contributed by atoms with Crippen LogP contribution in [0.5, 0.6) is 5.75 Å². The van der Waals surface area contributed by atoms with E-state index in [1.54, 1.807) is 7.11 Å². The molecular formula is C28H34N8O3. The highest BCUT2D eigenvalue weighted by atomic mass is 16.5. The second-order valence-electron chi connectivity index (χ2n) is 11.2. The van der Waals surface area contributed by atoms with Crippen LogP contribution >= 0.6 is 0 Å². The highest BCUT2D eigenvalue weighted by Crippen LogP contribution is 2.36. The largest absolute Gasteiger partial charge is 0.497 e. The highest BCUT2D eigenvalue weighted by molar-refractivity contribution is 5.93. The first-order valence-corrected chi connectivity index (χ1v) is 13.5. The number of anilines is 2. The molecule has 39 heavy (non-hydrogen) atoms. The molecule has 11 nitrogen and oxygen atoms in total. The van der Waals surface area contributed by atoms with E-state index in [9.17, 15) is 9.59 Å². The van der Waals surface area contributed by atoms with E-state index in [0.29, 0.717) is 38.7 Å². The number of rotatable bonds is 4. The van der Waals surface area contributed by atoms with Gasteiger partial charge in [0.2, 0.25) is 11.8 Å². The van der Waals surface area contributed by atoms with Gasteiger partial charge < -0.3 is 24.8 Å². The Kier molecular flexibility index (Phi) is 6.44. The maximum Gasteiger partial charge on any atom is 0.322 e. The minimum Gasteiger partial charge on any atom is -0.497 e. The Morgan fingerprint density at radius 1 is 1.15 bits per heavy atom. The van der Waals surface area contributed by atoms with Gasteiger partial charge in [0.1, 0.15) is 12.1 Å². The van der Waals surface area contributed by atoms with Crippen LogP contribution in [0.3, 0.4) is 0 Å². The van der Waals surface area contributed by atoms with Crippen molar-refractivity contribution in [2.45, 2.75) is 39.2 Å². The number of hydrogen-bond donors (Lipinski definition) is 1. The first-order chi connectivity index (χ1) is 18.8. The number of methoxy groups -OCH3 is 1. The summed E-state index contributed by atoms with van der Waals surface area (Å²) in [6.07, 6.45) is 5.66. The van der Waals surface area contributed by atoms with E-state index in [4.69, 9.17) is 4.74 Å². The Morgan fingerprint density at radius 3 is 2.77 bits per heavy atom. The normalized spacial score (nSPS) is 20.9. The lowest BCUT2D eigenvalue weighted by atomic mass is 9.79. The van der Waals surface area contributed by atoms with E-state index < -0.39 is 0 Å². The third kappa shape index (κ3) is 4.81. The Morgan fingerprint density at radius 2 is 1.97 bits per heavy atom. The number of nitrogens with zero attached hydrogens (tertiary/aromatic N) is 7. The van der Waals surface area contributed by atoms with Gasteiger partial charge in [-0.15, -0.1) is 0 Å². The molecule has 4 aliphatic rings. The van der Waals surface area contributed by atoms with Crippen LogP contribution in [0.4, 0.5) is 16.4 Å². The number of nitrogens with one attached hydrogen (secondary N) is 1. The molecule has 0 radical (unpaired) electrons. The lowest BCUT2D eigenvalue weighted by molar-refractivity contribution is 0.0693. The Labute approximate surface area is 228 Å². The third-order valence-electron chi connectivity index (χ3n) is 8.31. The SMILES string of the molecule is COc1ccc2c(c1)CCN(C1CCN(c3ncnc(C(=O)N4CC5=C(CN=C5)C(C)(C)C4)n3)CC1)C(=O)N2. The Balaban J connectivity index is 1.10. The van der Waals surface area contributed by atoms with Gasteiger partial charge in [0.05, 0.1) is 13.7 Å². The van der Waals surface area contributed by atoms with Crippen LogP contribution in [0.2, 0.25) is 0 Å². The molecule has 0 aliphatic carbocycles. The predicted molar refractivity (Wildman–Crippen MR) is 148 cm³/mol. The first-order valence-electron chi connectivity index (χ1n) is 13.5. The monoisotopic (exact) mass is 530 g/mol. The number of carbonyl (C=O) groups is 2. The summed E-state index contributed by atoms with van der Waals surface area (Å²) >= 11 is 0. The fourth-order valence-corrected chi connectivity index (χ4v) is 6.15.